The molecule has 0 fully saturated rings. The Hall–Kier alpha value is -3.30. The van der Waals surface area contributed by atoms with E-state index in [9.17, 15) is 14.4 Å². The van der Waals surface area contributed by atoms with Gasteiger partial charge in [0.1, 0.15) is 10.6 Å². The normalized spacial score (nSPS) is 18.8. The molecule has 9 heteroatoms. The molecule has 0 radical (unpaired) electrons. The van der Waals surface area contributed by atoms with Gasteiger partial charge in [-0.05, 0) is 45.2 Å². The fraction of sp³-hybridized carbons (Fsp3) is 0.280. The Morgan fingerprint density at radius 1 is 1.18 bits per heavy atom. The molecule has 3 aromatic rings. The zero-order valence-electron chi connectivity index (χ0n) is 19.2. The lowest BCUT2D eigenvalue weighted by atomic mass is 10.0. The Bertz CT molecular complexity index is 1530. The van der Waals surface area contributed by atoms with Crippen LogP contribution in [-0.4, -0.2) is 29.1 Å². The largest absolute Gasteiger partial charge is 0.463 e. The van der Waals surface area contributed by atoms with Crippen molar-refractivity contribution < 1.29 is 14.3 Å². The van der Waals surface area contributed by atoms with Crippen molar-refractivity contribution in [3.63, 3.8) is 0 Å². The van der Waals surface area contributed by atoms with Crippen molar-refractivity contribution in [2.75, 3.05) is 11.5 Å². The number of esters is 1. The van der Waals surface area contributed by atoms with E-state index in [0.717, 1.165) is 16.1 Å². The molecule has 34 heavy (non-hydrogen) atoms. The van der Waals surface area contributed by atoms with Crippen LogP contribution in [0.15, 0.2) is 62.8 Å². The smallest absolute Gasteiger partial charge is 0.338 e. The highest BCUT2D eigenvalue weighted by Crippen LogP contribution is 2.37. The van der Waals surface area contributed by atoms with Crippen molar-refractivity contribution in [1.29, 1.82) is 0 Å². The molecule has 0 N–H and O–H groups in total. The zero-order chi connectivity index (χ0) is 24.1. The van der Waals surface area contributed by atoms with Crippen LogP contribution in [0.2, 0.25) is 0 Å². The molecule has 0 bridgehead atoms. The maximum Gasteiger partial charge on any atom is 0.338 e. The van der Waals surface area contributed by atoms with E-state index >= 15 is 0 Å². The van der Waals surface area contributed by atoms with Crippen LogP contribution < -0.4 is 19.8 Å². The third-order valence-electron chi connectivity index (χ3n) is 5.91. The van der Waals surface area contributed by atoms with Crippen molar-refractivity contribution >= 4 is 45.8 Å². The Kier molecular flexibility index (Phi) is 5.61. The van der Waals surface area contributed by atoms with E-state index < -0.39 is 12.0 Å². The van der Waals surface area contributed by atoms with Crippen LogP contribution in [0.4, 0.5) is 5.69 Å². The van der Waals surface area contributed by atoms with Crippen molar-refractivity contribution in [3.05, 3.63) is 83.2 Å². The van der Waals surface area contributed by atoms with Crippen LogP contribution >= 0.6 is 22.7 Å². The predicted octanol–water partition coefficient (Wildman–Crippen LogP) is 2.99. The van der Waals surface area contributed by atoms with Crippen molar-refractivity contribution in [2.24, 2.45) is 4.99 Å². The van der Waals surface area contributed by atoms with Gasteiger partial charge in [-0.2, -0.15) is 0 Å². The molecule has 0 saturated heterocycles. The highest BCUT2D eigenvalue weighted by Gasteiger charge is 2.38. The summed E-state index contributed by atoms with van der Waals surface area (Å²) in [5.41, 5.74) is 2.44. The maximum absolute atomic E-state index is 13.9. The summed E-state index contributed by atoms with van der Waals surface area (Å²) in [6.07, 6.45) is 0. The highest BCUT2D eigenvalue weighted by atomic mass is 32.1. The van der Waals surface area contributed by atoms with Crippen LogP contribution in [0.25, 0.3) is 5.57 Å². The minimum Gasteiger partial charge on any atom is -0.463 e. The quantitative estimate of drug-likeness (QED) is 0.524. The summed E-state index contributed by atoms with van der Waals surface area (Å²) in [4.78, 5) is 48.0. The first kappa shape index (κ1) is 22.5. The van der Waals surface area contributed by atoms with Gasteiger partial charge in [0.05, 0.1) is 29.1 Å². The van der Waals surface area contributed by atoms with Crippen LogP contribution in [-0.2, 0) is 14.3 Å². The second kappa shape index (κ2) is 8.48. The molecule has 0 spiro atoms. The molecule has 1 aromatic carbocycles. The van der Waals surface area contributed by atoms with Crippen LogP contribution in [0.1, 0.15) is 44.2 Å². The SMILES string of the molecule is CCOC(=O)C1=C(C)N=c2sc(=C3C(=O)N(C(C)C)c4ccccc43)c(=O)n2C1c1cccs1. The molecule has 0 saturated carbocycles. The van der Waals surface area contributed by atoms with Gasteiger partial charge >= 0.3 is 5.97 Å². The van der Waals surface area contributed by atoms with Crippen LogP contribution in [0, 0.1) is 0 Å². The van der Waals surface area contributed by atoms with E-state index in [2.05, 4.69) is 4.99 Å². The summed E-state index contributed by atoms with van der Waals surface area (Å²) < 4.78 is 7.18. The number of carbonyl (C=O) groups excluding carboxylic acids is 2. The molecular formula is C25H23N3O4S2. The van der Waals surface area contributed by atoms with Gasteiger partial charge in [-0.1, -0.05) is 35.6 Å². The number of benzene rings is 1. The number of para-hydroxylation sites is 1. The molecule has 0 aliphatic carbocycles. The number of thiophene rings is 1. The van der Waals surface area contributed by atoms with Gasteiger partial charge in [0.2, 0.25) is 0 Å². The zero-order valence-corrected chi connectivity index (χ0v) is 20.8. The van der Waals surface area contributed by atoms with E-state index in [1.807, 2.05) is 55.6 Å². The van der Waals surface area contributed by atoms with Crippen molar-refractivity contribution in [3.8, 4) is 0 Å². The number of rotatable bonds is 4. The number of ether oxygens (including phenoxy) is 1. The lowest BCUT2D eigenvalue weighted by Gasteiger charge is -2.23. The molecule has 1 unspecified atom stereocenters. The Morgan fingerprint density at radius 3 is 2.62 bits per heavy atom. The molecule has 1 atom stereocenters. The molecule has 5 rings (SSSR count). The summed E-state index contributed by atoms with van der Waals surface area (Å²) in [5, 5.41) is 1.91. The second-order valence-electron chi connectivity index (χ2n) is 8.30. The first-order valence-electron chi connectivity index (χ1n) is 11.0. The number of fused-ring (bicyclic) bond motifs is 2. The monoisotopic (exact) mass is 493 g/mol. The number of carbonyl (C=O) groups is 2. The first-order valence-corrected chi connectivity index (χ1v) is 12.7. The van der Waals surface area contributed by atoms with Gasteiger partial charge in [-0.3, -0.25) is 14.2 Å². The minimum absolute atomic E-state index is 0.0635. The fourth-order valence-corrected chi connectivity index (χ4v) is 6.49. The molecule has 7 nitrogen and oxygen atoms in total. The van der Waals surface area contributed by atoms with Gasteiger partial charge < -0.3 is 9.64 Å². The molecule has 174 valence electrons. The summed E-state index contributed by atoms with van der Waals surface area (Å²) in [7, 11) is 0. The van der Waals surface area contributed by atoms with Crippen molar-refractivity contribution in [2.45, 2.75) is 39.8 Å². The number of hydrogen-bond acceptors (Lipinski definition) is 7. The Labute approximate surface area is 203 Å². The Balaban J connectivity index is 1.82. The van der Waals surface area contributed by atoms with Gasteiger partial charge in [0.25, 0.3) is 11.5 Å². The van der Waals surface area contributed by atoms with E-state index in [1.54, 1.807) is 18.7 Å². The molecule has 4 heterocycles. The number of aromatic nitrogens is 1. The summed E-state index contributed by atoms with van der Waals surface area (Å²) in [5.74, 6) is -0.691. The van der Waals surface area contributed by atoms with Gasteiger partial charge in [-0.15, -0.1) is 11.3 Å². The molecule has 2 aliphatic heterocycles. The number of allylic oxidation sites excluding steroid dienone is 1. The van der Waals surface area contributed by atoms with Gasteiger partial charge in [0.15, 0.2) is 4.80 Å². The lowest BCUT2D eigenvalue weighted by molar-refractivity contribution is -0.139. The maximum atomic E-state index is 13.9. The molecule has 2 aromatic heterocycles. The van der Waals surface area contributed by atoms with E-state index in [4.69, 9.17) is 4.74 Å². The van der Waals surface area contributed by atoms with Gasteiger partial charge in [-0.25, -0.2) is 9.79 Å². The predicted molar refractivity (Wildman–Crippen MR) is 133 cm³/mol. The van der Waals surface area contributed by atoms with E-state index in [1.165, 1.54) is 27.2 Å². The fourth-order valence-electron chi connectivity index (χ4n) is 4.53. The first-order chi connectivity index (χ1) is 16.3. The molecule has 2 aliphatic rings. The molecule has 1 amide bonds. The molecular weight excluding hydrogens is 470 g/mol. The average Bonchev–Trinajstić information content (AvgIpc) is 3.49. The summed E-state index contributed by atoms with van der Waals surface area (Å²) in [6.45, 7) is 7.62. The third kappa shape index (κ3) is 3.30. The number of amides is 1. The summed E-state index contributed by atoms with van der Waals surface area (Å²) in [6, 6.07) is 10.6. The van der Waals surface area contributed by atoms with Crippen LogP contribution in [0.3, 0.4) is 0 Å². The third-order valence-corrected chi connectivity index (χ3v) is 7.89. The second-order valence-corrected chi connectivity index (χ2v) is 10.3. The lowest BCUT2D eigenvalue weighted by Crippen LogP contribution is -2.41. The standard InChI is InChI=1S/C25H23N3O4S2/c1-5-32-24(31)18-14(4)26-25-28(20(18)17-11-8-12-33-17)23(30)21(34-25)19-15-9-6-7-10-16(15)27(13(2)3)22(19)29/h6-13,20H,5H2,1-4H3. The number of anilines is 1. The minimum atomic E-state index is -0.655. The summed E-state index contributed by atoms with van der Waals surface area (Å²) >= 11 is 2.65. The van der Waals surface area contributed by atoms with E-state index in [-0.39, 0.29) is 24.1 Å². The number of thiazole rings is 1. The van der Waals surface area contributed by atoms with Crippen molar-refractivity contribution in [1.82, 2.24) is 4.57 Å². The Morgan fingerprint density at radius 2 is 1.94 bits per heavy atom. The number of hydrogen-bond donors (Lipinski definition) is 0. The topological polar surface area (TPSA) is 81.0 Å². The van der Waals surface area contributed by atoms with E-state index in [0.29, 0.717) is 26.2 Å². The number of nitrogens with zero attached hydrogens (tertiary/aromatic N) is 3. The average molecular weight is 494 g/mol. The van der Waals surface area contributed by atoms with Gasteiger partial charge in [0, 0.05) is 16.5 Å². The van der Waals surface area contributed by atoms with Crippen LogP contribution in [0.5, 0.6) is 0 Å². The highest BCUT2D eigenvalue weighted by molar-refractivity contribution is 7.10.